The highest BCUT2D eigenvalue weighted by molar-refractivity contribution is 6.74. The van der Waals surface area contributed by atoms with Crippen molar-refractivity contribution in [2.75, 3.05) is 0 Å². The van der Waals surface area contributed by atoms with Crippen LogP contribution in [0.2, 0.25) is 18.1 Å². The zero-order valence-corrected chi connectivity index (χ0v) is 18.7. The molecule has 28 heavy (non-hydrogen) atoms. The van der Waals surface area contributed by atoms with Crippen LogP contribution in [0.3, 0.4) is 0 Å². The Kier molecular flexibility index (Phi) is 4.38. The van der Waals surface area contributed by atoms with Gasteiger partial charge in [0.1, 0.15) is 11.5 Å². The Morgan fingerprint density at radius 1 is 0.893 bits per heavy atom. The van der Waals surface area contributed by atoms with E-state index in [-0.39, 0.29) is 11.0 Å². The second-order valence-corrected chi connectivity index (χ2v) is 14.2. The Bertz CT molecular complexity index is 844. The molecule has 0 spiro atoms. The third kappa shape index (κ3) is 2.70. The van der Waals surface area contributed by atoms with Gasteiger partial charge < -0.3 is 13.9 Å². The SMILES string of the molecule is CC1=CO[C@]2(O[Si](C)(C)C(C)(C)C)OC(c3ccccc3)(c3ccccc3)[C@H]12. The van der Waals surface area contributed by atoms with Crippen LogP contribution in [0.15, 0.2) is 72.5 Å². The first-order chi connectivity index (χ1) is 13.1. The first-order valence-corrected chi connectivity index (χ1v) is 12.9. The number of fused-ring (bicyclic) bond motifs is 1. The fraction of sp³-hybridized carbons (Fsp3) is 0.417. The highest BCUT2D eigenvalue weighted by Crippen LogP contribution is 2.64. The molecule has 2 aromatic carbocycles. The standard InChI is InChI=1S/C24H30O3Si/c1-18-17-25-24(27-28(5,6)22(2,3)4)21(18)23(26-24,19-13-9-7-10-14-19)20-15-11-8-12-16-20/h7-17,21H,1-6H3/t21-,24-/m0/s1. The van der Waals surface area contributed by atoms with E-state index in [0.717, 1.165) is 16.7 Å². The van der Waals surface area contributed by atoms with Crippen molar-refractivity contribution in [2.24, 2.45) is 5.92 Å². The predicted octanol–water partition coefficient (Wildman–Crippen LogP) is 6.19. The van der Waals surface area contributed by atoms with Crippen LogP contribution >= 0.6 is 0 Å². The first kappa shape index (κ1) is 19.4. The maximum Gasteiger partial charge on any atom is 0.328 e. The number of benzene rings is 2. The van der Waals surface area contributed by atoms with Gasteiger partial charge in [0.15, 0.2) is 0 Å². The number of hydrogen-bond donors (Lipinski definition) is 0. The quantitative estimate of drug-likeness (QED) is 0.579. The van der Waals surface area contributed by atoms with Gasteiger partial charge >= 0.3 is 5.97 Å². The second-order valence-electron chi connectivity index (χ2n) is 9.45. The van der Waals surface area contributed by atoms with Gasteiger partial charge in [-0.25, -0.2) is 0 Å². The van der Waals surface area contributed by atoms with E-state index < -0.39 is 19.9 Å². The first-order valence-electron chi connectivity index (χ1n) is 9.98. The summed E-state index contributed by atoms with van der Waals surface area (Å²) < 4.78 is 19.6. The predicted molar refractivity (Wildman–Crippen MR) is 114 cm³/mol. The molecule has 0 aromatic heterocycles. The van der Waals surface area contributed by atoms with Gasteiger partial charge in [-0.1, -0.05) is 81.4 Å². The normalized spacial score (nSPS) is 26.1. The van der Waals surface area contributed by atoms with Crippen molar-refractivity contribution in [1.29, 1.82) is 0 Å². The van der Waals surface area contributed by atoms with Gasteiger partial charge in [-0.15, -0.1) is 0 Å². The molecule has 1 fully saturated rings. The van der Waals surface area contributed by atoms with Crippen molar-refractivity contribution >= 4 is 8.32 Å². The molecule has 1 saturated heterocycles. The van der Waals surface area contributed by atoms with Crippen molar-refractivity contribution in [3.05, 3.63) is 83.6 Å². The Morgan fingerprint density at radius 2 is 1.39 bits per heavy atom. The lowest BCUT2D eigenvalue weighted by atomic mass is 9.68. The van der Waals surface area contributed by atoms with Crippen LogP contribution in [0.5, 0.6) is 0 Å². The molecule has 0 bridgehead atoms. The third-order valence-corrected chi connectivity index (χ3v) is 10.9. The molecule has 2 aromatic rings. The van der Waals surface area contributed by atoms with E-state index in [0.29, 0.717) is 0 Å². The third-order valence-electron chi connectivity index (χ3n) is 6.54. The molecule has 3 nitrogen and oxygen atoms in total. The Morgan fingerprint density at radius 3 is 1.86 bits per heavy atom. The maximum atomic E-state index is 6.76. The molecule has 0 unspecified atom stereocenters. The van der Waals surface area contributed by atoms with E-state index in [1.54, 1.807) is 0 Å². The van der Waals surface area contributed by atoms with Crippen LogP contribution in [0.4, 0.5) is 0 Å². The highest BCUT2D eigenvalue weighted by atomic mass is 28.4. The van der Waals surface area contributed by atoms with E-state index in [1.165, 1.54) is 0 Å². The minimum Gasteiger partial charge on any atom is -0.447 e. The number of hydrogen-bond acceptors (Lipinski definition) is 3. The summed E-state index contributed by atoms with van der Waals surface area (Å²) in [7, 11) is -2.11. The van der Waals surface area contributed by atoms with Gasteiger partial charge in [0.25, 0.3) is 0 Å². The van der Waals surface area contributed by atoms with Gasteiger partial charge in [0, 0.05) is 0 Å². The van der Waals surface area contributed by atoms with Gasteiger partial charge in [0.05, 0.1) is 6.26 Å². The summed E-state index contributed by atoms with van der Waals surface area (Å²) in [6.07, 6.45) is 1.82. The molecule has 2 aliphatic heterocycles. The molecule has 0 radical (unpaired) electrons. The number of rotatable bonds is 4. The van der Waals surface area contributed by atoms with Crippen molar-refractivity contribution in [1.82, 2.24) is 0 Å². The topological polar surface area (TPSA) is 27.7 Å². The van der Waals surface area contributed by atoms with Crippen molar-refractivity contribution in [2.45, 2.75) is 57.4 Å². The zero-order chi connectivity index (χ0) is 20.2. The van der Waals surface area contributed by atoms with E-state index >= 15 is 0 Å². The van der Waals surface area contributed by atoms with Gasteiger partial charge in [0.2, 0.25) is 8.32 Å². The molecular weight excluding hydrogens is 364 g/mol. The summed E-state index contributed by atoms with van der Waals surface area (Å²) >= 11 is 0. The molecule has 2 aliphatic rings. The average Bonchev–Trinajstić information content (AvgIpc) is 2.88. The fourth-order valence-corrected chi connectivity index (χ4v) is 5.29. The van der Waals surface area contributed by atoms with E-state index in [4.69, 9.17) is 13.9 Å². The lowest BCUT2D eigenvalue weighted by Gasteiger charge is -2.60. The summed E-state index contributed by atoms with van der Waals surface area (Å²) in [5, 5.41) is 0.0628. The maximum absolute atomic E-state index is 6.76. The summed E-state index contributed by atoms with van der Waals surface area (Å²) in [6, 6.07) is 20.9. The smallest absolute Gasteiger partial charge is 0.328 e. The molecule has 4 heteroatoms. The minimum atomic E-state index is -2.11. The Labute approximate surface area is 169 Å². The van der Waals surface area contributed by atoms with E-state index in [9.17, 15) is 0 Å². The molecular formula is C24H30O3Si. The second kappa shape index (κ2) is 6.31. The van der Waals surface area contributed by atoms with E-state index in [1.807, 2.05) is 18.4 Å². The summed E-state index contributed by atoms with van der Waals surface area (Å²) in [5.74, 6) is -1.07. The Hall–Kier alpha value is -1.88. The minimum absolute atomic E-state index is 0.0288. The molecule has 0 amide bonds. The molecule has 148 valence electrons. The fourth-order valence-electron chi connectivity index (χ4n) is 4.07. The summed E-state index contributed by atoms with van der Waals surface area (Å²) in [5.41, 5.74) is 2.79. The van der Waals surface area contributed by atoms with Gasteiger partial charge in [-0.2, -0.15) is 0 Å². The zero-order valence-electron chi connectivity index (χ0n) is 17.7. The molecule has 0 N–H and O–H groups in total. The molecule has 0 saturated carbocycles. The number of ether oxygens (including phenoxy) is 2. The molecule has 4 rings (SSSR count). The monoisotopic (exact) mass is 394 g/mol. The van der Waals surface area contributed by atoms with Gasteiger partial charge in [-0.3, -0.25) is 0 Å². The average molecular weight is 395 g/mol. The van der Waals surface area contributed by atoms with Crippen molar-refractivity contribution in [3.63, 3.8) is 0 Å². The van der Waals surface area contributed by atoms with Crippen LogP contribution < -0.4 is 0 Å². The summed E-state index contributed by atoms with van der Waals surface area (Å²) in [6.45, 7) is 13.3. The van der Waals surface area contributed by atoms with Crippen LogP contribution in [0, 0.1) is 5.92 Å². The molecule has 0 aliphatic carbocycles. The van der Waals surface area contributed by atoms with Crippen LogP contribution in [0.1, 0.15) is 38.8 Å². The highest BCUT2D eigenvalue weighted by Gasteiger charge is 2.74. The largest absolute Gasteiger partial charge is 0.447 e. The van der Waals surface area contributed by atoms with Crippen LogP contribution in [0.25, 0.3) is 0 Å². The summed E-state index contributed by atoms with van der Waals surface area (Å²) in [4.78, 5) is 0. The lowest BCUT2D eigenvalue weighted by Crippen LogP contribution is -2.70. The Balaban J connectivity index is 1.82. The van der Waals surface area contributed by atoms with Crippen molar-refractivity contribution < 1.29 is 13.9 Å². The van der Waals surface area contributed by atoms with Crippen LogP contribution in [-0.2, 0) is 19.5 Å². The lowest BCUT2D eigenvalue weighted by molar-refractivity contribution is -0.468. The molecule has 2 heterocycles. The van der Waals surface area contributed by atoms with Crippen LogP contribution in [-0.4, -0.2) is 14.3 Å². The van der Waals surface area contributed by atoms with Gasteiger partial charge in [-0.05, 0) is 41.8 Å². The molecule has 2 atom stereocenters. The van der Waals surface area contributed by atoms with E-state index in [2.05, 4.69) is 89.3 Å². The van der Waals surface area contributed by atoms with Crippen molar-refractivity contribution in [3.8, 4) is 0 Å².